The minimum atomic E-state index is -1.04. The molecule has 3 aromatic rings. The number of pyridine rings is 2. The molecule has 9 heteroatoms. The smallest absolute Gasteiger partial charge is 0.277 e. The summed E-state index contributed by atoms with van der Waals surface area (Å²) >= 11 is 0. The van der Waals surface area contributed by atoms with Gasteiger partial charge in [0, 0.05) is 35.6 Å². The molecule has 2 aliphatic carbocycles. The first-order valence-corrected chi connectivity index (χ1v) is 12.1. The van der Waals surface area contributed by atoms with Crippen molar-refractivity contribution < 1.29 is 9.59 Å². The molecule has 178 valence electrons. The molecule has 9 nitrogen and oxygen atoms in total. The molecule has 3 heterocycles. The molecule has 2 fully saturated rings. The summed E-state index contributed by atoms with van der Waals surface area (Å²) in [5.41, 5.74) is 1.98. The van der Waals surface area contributed by atoms with Crippen LogP contribution in [0.15, 0.2) is 49.2 Å². The number of amides is 2. The van der Waals surface area contributed by atoms with Gasteiger partial charge in [0.05, 0.1) is 18.2 Å². The van der Waals surface area contributed by atoms with E-state index in [9.17, 15) is 14.9 Å². The van der Waals surface area contributed by atoms with Crippen LogP contribution in [0.5, 0.6) is 0 Å². The van der Waals surface area contributed by atoms with Crippen LogP contribution in [0.2, 0.25) is 0 Å². The zero-order valence-electron chi connectivity index (χ0n) is 19.4. The van der Waals surface area contributed by atoms with Gasteiger partial charge in [0.1, 0.15) is 17.8 Å². The first-order chi connectivity index (χ1) is 17.2. The van der Waals surface area contributed by atoms with E-state index in [1.54, 1.807) is 30.6 Å². The fourth-order valence-electron chi connectivity index (χ4n) is 4.70. The fourth-order valence-corrected chi connectivity index (χ4v) is 4.70. The summed E-state index contributed by atoms with van der Waals surface area (Å²) in [5, 5.41) is 13.1. The fraction of sp³-hybridized carbons (Fsp3) is 0.385. The molecular weight excluding hydrogens is 442 g/mol. The Labute approximate surface area is 203 Å². The zero-order chi connectivity index (χ0) is 24.2. The summed E-state index contributed by atoms with van der Waals surface area (Å²) in [6, 6.07) is 8.23. The number of carbonyl (C=O) groups is 2. The second-order valence-corrected chi connectivity index (χ2v) is 9.16. The molecule has 2 aliphatic rings. The second-order valence-electron chi connectivity index (χ2n) is 9.16. The maximum Gasteiger partial charge on any atom is 0.277 e. The van der Waals surface area contributed by atoms with Crippen LogP contribution in [-0.2, 0) is 4.79 Å². The molecule has 0 radical (unpaired) electrons. The Kier molecular flexibility index (Phi) is 6.53. The van der Waals surface area contributed by atoms with Crippen LogP contribution in [0, 0.1) is 11.3 Å². The van der Waals surface area contributed by atoms with Crippen molar-refractivity contribution >= 4 is 17.5 Å². The Balaban J connectivity index is 1.61. The summed E-state index contributed by atoms with van der Waals surface area (Å²) in [6.45, 7) is 0. The summed E-state index contributed by atoms with van der Waals surface area (Å²) in [7, 11) is 0. The number of aromatic amines is 1. The number of nitrogens with zero attached hydrogens (tertiary/aromatic N) is 5. The minimum Gasteiger partial charge on any atom is -0.351 e. The lowest BCUT2D eigenvalue weighted by molar-refractivity contribution is -0.123. The first-order valence-electron chi connectivity index (χ1n) is 12.1. The van der Waals surface area contributed by atoms with Gasteiger partial charge >= 0.3 is 0 Å². The molecule has 0 bridgehead atoms. The molecule has 2 N–H and O–H groups in total. The first kappa shape index (κ1) is 22.7. The highest BCUT2D eigenvalue weighted by Crippen LogP contribution is 2.40. The van der Waals surface area contributed by atoms with Crippen molar-refractivity contribution in [2.45, 2.75) is 62.9 Å². The molecule has 0 aliphatic heterocycles. The van der Waals surface area contributed by atoms with Crippen LogP contribution < -0.4 is 10.2 Å². The van der Waals surface area contributed by atoms with E-state index < -0.39 is 11.9 Å². The van der Waals surface area contributed by atoms with Crippen molar-refractivity contribution in [3.8, 4) is 6.07 Å². The largest absolute Gasteiger partial charge is 0.351 e. The van der Waals surface area contributed by atoms with Gasteiger partial charge in [-0.05, 0) is 43.9 Å². The van der Waals surface area contributed by atoms with E-state index in [0.29, 0.717) is 11.5 Å². The van der Waals surface area contributed by atoms with E-state index >= 15 is 0 Å². The molecule has 2 saturated carbocycles. The van der Waals surface area contributed by atoms with E-state index in [-0.39, 0.29) is 29.0 Å². The molecule has 0 spiro atoms. The third-order valence-electron chi connectivity index (χ3n) is 6.66. The van der Waals surface area contributed by atoms with E-state index in [1.807, 2.05) is 6.07 Å². The maximum absolute atomic E-state index is 13.8. The molecule has 5 rings (SSSR count). The van der Waals surface area contributed by atoms with Crippen LogP contribution in [0.3, 0.4) is 0 Å². The van der Waals surface area contributed by atoms with Crippen molar-refractivity contribution in [2.75, 3.05) is 4.90 Å². The number of rotatable bonds is 7. The summed E-state index contributed by atoms with van der Waals surface area (Å²) in [5.74, 6) is -0.447. The number of imidazole rings is 1. The monoisotopic (exact) mass is 469 g/mol. The van der Waals surface area contributed by atoms with Gasteiger partial charge in [-0.3, -0.25) is 19.5 Å². The zero-order valence-corrected chi connectivity index (χ0v) is 19.4. The lowest BCUT2D eigenvalue weighted by Crippen LogP contribution is -2.47. The Hall–Kier alpha value is -4.06. The number of carbonyl (C=O) groups excluding carboxylic acids is 2. The molecule has 1 atom stereocenters. The quantitative estimate of drug-likeness (QED) is 0.542. The SMILES string of the molecule is N#Cc1nc(C2CC2)ccc1N(C(=O)c1cnc[nH]1)C(C(=O)NC1CCCCC1)c1cccnc1. The average molecular weight is 470 g/mol. The number of nitrogens with one attached hydrogen (secondary N) is 2. The highest BCUT2D eigenvalue weighted by atomic mass is 16.2. The maximum atomic E-state index is 13.8. The molecule has 3 aromatic heterocycles. The number of H-pyrrole nitrogens is 1. The van der Waals surface area contributed by atoms with Gasteiger partial charge in [0.15, 0.2) is 5.69 Å². The van der Waals surface area contributed by atoms with Gasteiger partial charge in [0.2, 0.25) is 5.91 Å². The molecule has 0 aromatic carbocycles. The summed E-state index contributed by atoms with van der Waals surface area (Å²) in [6.07, 6.45) is 13.2. The molecular formula is C26H27N7O2. The van der Waals surface area contributed by atoms with Crippen LogP contribution in [0.4, 0.5) is 5.69 Å². The van der Waals surface area contributed by atoms with E-state index in [0.717, 1.165) is 50.6 Å². The Morgan fingerprint density at radius 2 is 1.91 bits per heavy atom. The van der Waals surface area contributed by atoms with Gasteiger partial charge in [0.25, 0.3) is 5.91 Å². The van der Waals surface area contributed by atoms with Crippen LogP contribution in [0.1, 0.15) is 84.3 Å². The topological polar surface area (TPSA) is 128 Å². The third kappa shape index (κ3) is 4.92. The van der Waals surface area contributed by atoms with Gasteiger partial charge in [-0.2, -0.15) is 5.26 Å². The van der Waals surface area contributed by atoms with Gasteiger partial charge in [-0.15, -0.1) is 0 Å². The van der Waals surface area contributed by atoms with E-state index in [2.05, 4.69) is 31.3 Å². The Bertz CT molecular complexity index is 1230. The third-order valence-corrected chi connectivity index (χ3v) is 6.66. The summed E-state index contributed by atoms with van der Waals surface area (Å²) < 4.78 is 0. The van der Waals surface area contributed by atoms with Crippen LogP contribution in [0.25, 0.3) is 0 Å². The van der Waals surface area contributed by atoms with E-state index in [4.69, 9.17) is 0 Å². The van der Waals surface area contributed by atoms with Crippen LogP contribution >= 0.6 is 0 Å². The van der Waals surface area contributed by atoms with Crippen LogP contribution in [-0.4, -0.2) is 37.8 Å². The summed E-state index contributed by atoms with van der Waals surface area (Å²) in [4.78, 5) is 44.6. The van der Waals surface area contributed by atoms with Crippen molar-refractivity contribution in [3.63, 3.8) is 0 Å². The van der Waals surface area contributed by atoms with Crippen molar-refractivity contribution in [1.82, 2.24) is 25.3 Å². The highest BCUT2D eigenvalue weighted by Gasteiger charge is 2.37. The number of hydrogen-bond donors (Lipinski definition) is 2. The van der Waals surface area contributed by atoms with Crippen molar-refractivity contribution in [3.05, 3.63) is 71.8 Å². The lowest BCUT2D eigenvalue weighted by atomic mass is 9.94. The Morgan fingerprint density at radius 3 is 2.57 bits per heavy atom. The average Bonchev–Trinajstić information content (AvgIpc) is 3.61. The number of aromatic nitrogens is 4. The predicted octanol–water partition coefficient (Wildman–Crippen LogP) is 3.79. The number of hydrogen-bond acceptors (Lipinski definition) is 6. The van der Waals surface area contributed by atoms with Crippen molar-refractivity contribution in [1.29, 1.82) is 5.26 Å². The Morgan fingerprint density at radius 1 is 1.09 bits per heavy atom. The number of anilines is 1. The number of nitriles is 1. The van der Waals surface area contributed by atoms with Gasteiger partial charge < -0.3 is 10.3 Å². The van der Waals surface area contributed by atoms with Gasteiger partial charge in [-0.1, -0.05) is 25.3 Å². The highest BCUT2D eigenvalue weighted by molar-refractivity contribution is 6.09. The molecule has 0 saturated heterocycles. The predicted molar refractivity (Wildman–Crippen MR) is 128 cm³/mol. The lowest BCUT2D eigenvalue weighted by Gasteiger charge is -2.33. The standard InChI is InChI=1S/C26H27N7O2/c27-13-21-23(11-10-20(32-21)17-8-9-17)33(26(35)22-15-29-16-30-22)24(18-5-4-12-28-14-18)25(34)31-19-6-2-1-3-7-19/h4-5,10-12,14-17,19,24H,1-3,6-9H2,(H,29,30)(H,31,34). The second kappa shape index (κ2) is 10.1. The minimum absolute atomic E-state index is 0.0466. The molecule has 1 unspecified atom stereocenters. The van der Waals surface area contributed by atoms with E-state index in [1.165, 1.54) is 17.4 Å². The molecule has 35 heavy (non-hydrogen) atoms. The molecule has 2 amide bonds. The van der Waals surface area contributed by atoms with Gasteiger partial charge in [-0.25, -0.2) is 9.97 Å². The van der Waals surface area contributed by atoms with Crippen molar-refractivity contribution in [2.24, 2.45) is 0 Å². The normalized spacial score (nSPS) is 16.8.